The monoisotopic (exact) mass is 239 g/mol. The van der Waals surface area contributed by atoms with Crippen LogP contribution in [0.4, 0.5) is 0 Å². The Kier molecular flexibility index (Phi) is 5.30. The van der Waals surface area contributed by atoms with E-state index in [-0.39, 0.29) is 6.10 Å². The van der Waals surface area contributed by atoms with Gasteiger partial charge in [0.25, 0.3) is 0 Å². The molecule has 0 bridgehead atoms. The molecule has 3 atom stereocenters. The Hall–Kier alpha value is -0.0800. The molecule has 2 fully saturated rings. The SMILES string of the molecule is CC(CC1CC1)NCCCC1CCCCC1O. The van der Waals surface area contributed by atoms with Crippen LogP contribution in [0.3, 0.4) is 0 Å². The van der Waals surface area contributed by atoms with Crippen LogP contribution in [0.25, 0.3) is 0 Å². The first-order valence-electron chi connectivity index (χ1n) is 7.67. The van der Waals surface area contributed by atoms with Crippen molar-refractivity contribution in [3.8, 4) is 0 Å². The van der Waals surface area contributed by atoms with E-state index in [0.717, 1.165) is 18.9 Å². The van der Waals surface area contributed by atoms with E-state index >= 15 is 0 Å². The Labute approximate surface area is 106 Å². The van der Waals surface area contributed by atoms with E-state index < -0.39 is 0 Å². The number of rotatable bonds is 7. The number of aliphatic hydroxyl groups excluding tert-OH is 1. The van der Waals surface area contributed by atoms with Crippen molar-refractivity contribution < 1.29 is 5.11 Å². The fourth-order valence-corrected chi connectivity index (χ4v) is 3.17. The number of hydrogen-bond acceptors (Lipinski definition) is 2. The van der Waals surface area contributed by atoms with Gasteiger partial charge in [0.1, 0.15) is 0 Å². The highest BCUT2D eigenvalue weighted by Gasteiger charge is 2.24. The highest BCUT2D eigenvalue weighted by atomic mass is 16.3. The molecule has 0 aliphatic heterocycles. The summed E-state index contributed by atoms with van der Waals surface area (Å²) < 4.78 is 0. The Balaban J connectivity index is 1.49. The smallest absolute Gasteiger partial charge is 0.0568 e. The van der Waals surface area contributed by atoms with Gasteiger partial charge < -0.3 is 10.4 Å². The van der Waals surface area contributed by atoms with Crippen molar-refractivity contribution in [3.05, 3.63) is 0 Å². The van der Waals surface area contributed by atoms with Gasteiger partial charge in [0, 0.05) is 6.04 Å². The lowest BCUT2D eigenvalue weighted by Gasteiger charge is -2.27. The van der Waals surface area contributed by atoms with Crippen LogP contribution >= 0.6 is 0 Å². The molecule has 17 heavy (non-hydrogen) atoms. The van der Waals surface area contributed by atoms with Crippen LogP contribution in [-0.2, 0) is 0 Å². The predicted octanol–water partition coefficient (Wildman–Crippen LogP) is 3.10. The molecule has 0 heterocycles. The van der Waals surface area contributed by atoms with Crippen LogP contribution in [0.15, 0.2) is 0 Å². The summed E-state index contributed by atoms with van der Waals surface area (Å²) in [6.07, 6.45) is 11.6. The van der Waals surface area contributed by atoms with Crippen LogP contribution in [0.1, 0.15) is 64.7 Å². The zero-order valence-electron chi connectivity index (χ0n) is 11.3. The van der Waals surface area contributed by atoms with Gasteiger partial charge in [-0.3, -0.25) is 0 Å². The van der Waals surface area contributed by atoms with Crippen molar-refractivity contribution in [1.29, 1.82) is 0 Å². The molecule has 2 aliphatic carbocycles. The first-order valence-corrected chi connectivity index (χ1v) is 7.67. The summed E-state index contributed by atoms with van der Waals surface area (Å²) in [5.41, 5.74) is 0. The summed E-state index contributed by atoms with van der Waals surface area (Å²) in [6, 6.07) is 0.693. The predicted molar refractivity (Wildman–Crippen MR) is 72.0 cm³/mol. The lowest BCUT2D eigenvalue weighted by molar-refractivity contribution is 0.0642. The third kappa shape index (κ3) is 4.97. The van der Waals surface area contributed by atoms with Gasteiger partial charge in [-0.1, -0.05) is 25.7 Å². The number of nitrogens with one attached hydrogen (secondary N) is 1. The van der Waals surface area contributed by atoms with Crippen molar-refractivity contribution in [2.45, 2.75) is 76.9 Å². The summed E-state index contributed by atoms with van der Waals surface area (Å²) >= 11 is 0. The lowest BCUT2D eigenvalue weighted by Crippen LogP contribution is -2.29. The molecule has 2 nitrogen and oxygen atoms in total. The number of hydrogen-bond donors (Lipinski definition) is 2. The molecule has 3 unspecified atom stereocenters. The topological polar surface area (TPSA) is 32.3 Å². The van der Waals surface area contributed by atoms with Crippen LogP contribution < -0.4 is 5.32 Å². The lowest BCUT2D eigenvalue weighted by atomic mass is 9.83. The Morgan fingerprint density at radius 2 is 1.94 bits per heavy atom. The van der Waals surface area contributed by atoms with Gasteiger partial charge in [0.2, 0.25) is 0 Å². The van der Waals surface area contributed by atoms with Gasteiger partial charge in [-0.05, 0) is 57.4 Å². The minimum absolute atomic E-state index is 0.00682. The summed E-state index contributed by atoms with van der Waals surface area (Å²) in [7, 11) is 0. The Bertz CT molecular complexity index is 215. The van der Waals surface area contributed by atoms with Gasteiger partial charge in [0.05, 0.1) is 6.10 Å². The molecule has 2 N–H and O–H groups in total. The second-order valence-electron chi connectivity index (χ2n) is 6.29. The van der Waals surface area contributed by atoms with Crippen molar-refractivity contribution in [2.24, 2.45) is 11.8 Å². The maximum absolute atomic E-state index is 9.88. The van der Waals surface area contributed by atoms with E-state index in [4.69, 9.17) is 0 Å². The molecular weight excluding hydrogens is 210 g/mol. The zero-order valence-corrected chi connectivity index (χ0v) is 11.3. The summed E-state index contributed by atoms with van der Waals surface area (Å²) in [6.45, 7) is 3.45. The molecule has 2 aliphatic rings. The molecule has 2 rings (SSSR count). The van der Waals surface area contributed by atoms with E-state index in [1.54, 1.807) is 0 Å². The molecular formula is C15H29NO. The molecule has 0 radical (unpaired) electrons. The minimum atomic E-state index is -0.00682. The van der Waals surface area contributed by atoms with Gasteiger partial charge >= 0.3 is 0 Å². The van der Waals surface area contributed by atoms with Crippen LogP contribution in [0.2, 0.25) is 0 Å². The van der Waals surface area contributed by atoms with Gasteiger partial charge in [-0.15, -0.1) is 0 Å². The standard InChI is InChI=1S/C15H29NO/c1-12(11-13-8-9-13)16-10-4-6-14-5-2-3-7-15(14)17/h12-17H,2-11H2,1H3. The van der Waals surface area contributed by atoms with E-state index in [1.165, 1.54) is 51.4 Å². The second kappa shape index (κ2) is 6.75. The Morgan fingerprint density at radius 3 is 2.65 bits per heavy atom. The van der Waals surface area contributed by atoms with Crippen molar-refractivity contribution in [1.82, 2.24) is 5.32 Å². The zero-order chi connectivity index (χ0) is 12.1. The summed E-state index contributed by atoms with van der Waals surface area (Å²) in [5.74, 6) is 1.61. The van der Waals surface area contributed by atoms with Gasteiger partial charge in [0.15, 0.2) is 0 Å². The van der Waals surface area contributed by atoms with E-state index in [9.17, 15) is 5.11 Å². The quantitative estimate of drug-likeness (QED) is 0.669. The fraction of sp³-hybridized carbons (Fsp3) is 1.00. The molecule has 0 spiro atoms. The summed E-state index contributed by atoms with van der Waals surface area (Å²) in [5, 5.41) is 13.5. The molecule has 0 aromatic carbocycles. The first kappa shape index (κ1) is 13.4. The maximum atomic E-state index is 9.88. The maximum Gasteiger partial charge on any atom is 0.0568 e. The average Bonchev–Trinajstić information content (AvgIpc) is 3.10. The van der Waals surface area contributed by atoms with E-state index in [2.05, 4.69) is 12.2 Å². The Morgan fingerprint density at radius 1 is 1.18 bits per heavy atom. The molecule has 2 saturated carbocycles. The highest BCUT2D eigenvalue weighted by molar-refractivity contribution is 4.78. The van der Waals surface area contributed by atoms with E-state index in [1.807, 2.05) is 0 Å². The molecule has 2 heteroatoms. The molecule has 0 saturated heterocycles. The first-order chi connectivity index (χ1) is 8.25. The molecule has 100 valence electrons. The normalized spacial score (nSPS) is 31.4. The second-order valence-corrected chi connectivity index (χ2v) is 6.29. The largest absolute Gasteiger partial charge is 0.393 e. The molecule has 0 aromatic heterocycles. The van der Waals surface area contributed by atoms with Crippen LogP contribution in [0, 0.1) is 11.8 Å². The fourth-order valence-electron chi connectivity index (χ4n) is 3.17. The number of aliphatic hydroxyl groups is 1. The van der Waals surface area contributed by atoms with Gasteiger partial charge in [-0.25, -0.2) is 0 Å². The third-order valence-electron chi connectivity index (χ3n) is 4.50. The van der Waals surface area contributed by atoms with Crippen molar-refractivity contribution in [3.63, 3.8) is 0 Å². The van der Waals surface area contributed by atoms with Crippen molar-refractivity contribution >= 4 is 0 Å². The molecule has 0 aromatic rings. The minimum Gasteiger partial charge on any atom is -0.393 e. The molecule has 0 amide bonds. The highest BCUT2D eigenvalue weighted by Crippen LogP contribution is 2.33. The average molecular weight is 239 g/mol. The van der Waals surface area contributed by atoms with Crippen LogP contribution in [0.5, 0.6) is 0 Å². The van der Waals surface area contributed by atoms with E-state index in [0.29, 0.717) is 12.0 Å². The third-order valence-corrected chi connectivity index (χ3v) is 4.50. The van der Waals surface area contributed by atoms with Crippen molar-refractivity contribution in [2.75, 3.05) is 6.54 Å². The summed E-state index contributed by atoms with van der Waals surface area (Å²) in [4.78, 5) is 0. The van der Waals surface area contributed by atoms with Gasteiger partial charge in [-0.2, -0.15) is 0 Å². The van der Waals surface area contributed by atoms with Crippen LogP contribution in [-0.4, -0.2) is 23.8 Å².